The van der Waals surface area contributed by atoms with Gasteiger partial charge in [0.2, 0.25) is 5.43 Å². The number of nitrogens with zero attached hydrogens (tertiary/aromatic N) is 3. The smallest absolute Gasteiger partial charge is 0.341 e. The Hall–Kier alpha value is -3.44. The third-order valence-corrected chi connectivity index (χ3v) is 6.30. The standard InChI is InChI=1S/C22H19F3N4O4/c1-9-16-18(30)11(22(31)32)7-28(14-3-2-10(23)6-12(14)24)20(16)27-21(17(9)25)29-8-13(26)19-15(29)4-5-33-19/h2-3,6-7,13,15,19H,4-5,8,26H2,1H3,(H,31,32). The summed E-state index contributed by atoms with van der Waals surface area (Å²) in [6.07, 6.45) is 1.22. The zero-order valence-corrected chi connectivity index (χ0v) is 17.4. The average molecular weight is 460 g/mol. The Kier molecular flexibility index (Phi) is 4.91. The Labute approximate surface area is 185 Å². The van der Waals surface area contributed by atoms with Crippen molar-refractivity contribution in [3.8, 4) is 5.69 Å². The molecule has 2 aliphatic heterocycles. The molecule has 11 heteroatoms. The van der Waals surface area contributed by atoms with Crippen LogP contribution in [0.1, 0.15) is 22.3 Å². The van der Waals surface area contributed by atoms with Gasteiger partial charge in [0, 0.05) is 31.0 Å². The Morgan fingerprint density at radius 2 is 2.06 bits per heavy atom. The molecule has 3 unspecified atom stereocenters. The first-order valence-electron chi connectivity index (χ1n) is 10.3. The number of aromatic carboxylic acids is 1. The monoisotopic (exact) mass is 460 g/mol. The molecule has 0 amide bonds. The summed E-state index contributed by atoms with van der Waals surface area (Å²) in [7, 11) is 0. The number of carbonyl (C=O) groups is 1. The van der Waals surface area contributed by atoms with Crippen LogP contribution in [-0.4, -0.2) is 52.0 Å². The van der Waals surface area contributed by atoms with Crippen molar-refractivity contribution >= 4 is 22.8 Å². The third-order valence-electron chi connectivity index (χ3n) is 6.30. The van der Waals surface area contributed by atoms with Gasteiger partial charge in [-0.15, -0.1) is 0 Å². The first kappa shape index (κ1) is 21.4. The summed E-state index contributed by atoms with van der Waals surface area (Å²) in [5.41, 5.74) is 3.98. The number of hydrogen-bond donors (Lipinski definition) is 2. The fourth-order valence-corrected chi connectivity index (χ4v) is 4.74. The van der Waals surface area contributed by atoms with Gasteiger partial charge in [-0.3, -0.25) is 9.36 Å². The van der Waals surface area contributed by atoms with Crippen LogP contribution < -0.4 is 16.1 Å². The molecule has 4 heterocycles. The summed E-state index contributed by atoms with van der Waals surface area (Å²) < 4.78 is 50.4. The summed E-state index contributed by atoms with van der Waals surface area (Å²) in [5, 5.41) is 9.21. The second-order valence-corrected chi connectivity index (χ2v) is 8.22. The number of benzene rings is 1. The molecule has 0 saturated carbocycles. The number of nitrogens with two attached hydrogens (primary N) is 1. The van der Waals surface area contributed by atoms with E-state index < -0.39 is 34.4 Å². The van der Waals surface area contributed by atoms with Gasteiger partial charge in [0.1, 0.15) is 17.2 Å². The van der Waals surface area contributed by atoms with Crippen LogP contribution in [0.2, 0.25) is 0 Å². The van der Waals surface area contributed by atoms with Crippen molar-refractivity contribution in [1.29, 1.82) is 0 Å². The molecule has 2 saturated heterocycles. The fourth-order valence-electron chi connectivity index (χ4n) is 4.74. The quantitative estimate of drug-likeness (QED) is 0.616. The minimum Gasteiger partial charge on any atom is -0.477 e. The molecule has 3 atom stereocenters. The van der Waals surface area contributed by atoms with Crippen LogP contribution in [0.5, 0.6) is 0 Å². The van der Waals surface area contributed by atoms with Crippen LogP contribution >= 0.6 is 0 Å². The molecule has 5 rings (SSSR count). The number of halogens is 3. The lowest BCUT2D eigenvalue weighted by Crippen LogP contribution is -2.35. The first-order valence-corrected chi connectivity index (χ1v) is 10.3. The number of hydrogen-bond acceptors (Lipinski definition) is 6. The van der Waals surface area contributed by atoms with Crippen molar-refractivity contribution in [2.24, 2.45) is 5.73 Å². The van der Waals surface area contributed by atoms with Crippen LogP contribution in [0.4, 0.5) is 19.0 Å². The second-order valence-electron chi connectivity index (χ2n) is 8.22. The number of ether oxygens (including phenoxy) is 1. The lowest BCUT2D eigenvalue weighted by atomic mass is 10.1. The van der Waals surface area contributed by atoms with Gasteiger partial charge in [-0.1, -0.05) is 0 Å². The summed E-state index contributed by atoms with van der Waals surface area (Å²) in [5.74, 6) is -4.30. The van der Waals surface area contributed by atoms with Crippen molar-refractivity contribution in [2.45, 2.75) is 31.5 Å². The van der Waals surface area contributed by atoms with E-state index in [9.17, 15) is 23.5 Å². The van der Waals surface area contributed by atoms with Crippen molar-refractivity contribution in [3.63, 3.8) is 0 Å². The Bertz CT molecular complexity index is 1380. The minimum atomic E-state index is -1.57. The molecule has 3 N–H and O–H groups in total. The maximum atomic E-state index is 15.5. The molecule has 2 aliphatic rings. The van der Waals surface area contributed by atoms with E-state index >= 15 is 4.39 Å². The highest BCUT2D eigenvalue weighted by atomic mass is 19.1. The molecule has 33 heavy (non-hydrogen) atoms. The summed E-state index contributed by atoms with van der Waals surface area (Å²) in [4.78, 5) is 30.7. The van der Waals surface area contributed by atoms with Crippen LogP contribution in [0.25, 0.3) is 16.7 Å². The molecule has 172 valence electrons. The van der Waals surface area contributed by atoms with Crippen LogP contribution in [0.15, 0.2) is 29.2 Å². The van der Waals surface area contributed by atoms with Gasteiger partial charge in [0.25, 0.3) is 0 Å². The molecule has 0 aliphatic carbocycles. The Morgan fingerprint density at radius 1 is 1.30 bits per heavy atom. The lowest BCUT2D eigenvalue weighted by molar-refractivity contribution is 0.0695. The van der Waals surface area contributed by atoms with E-state index in [1.807, 2.05) is 0 Å². The molecule has 1 aromatic carbocycles. The van der Waals surface area contributed by atoms with Gasteiger partial charge in [0.05, 0.1) is 29.3 Å². The molecule has 8 nitrogen and oxygen atoms in total. The molecule has 0 spiro atoms. The molecular formula is C22H19F3N4O4. The largest absolute Gasteiger partial charge is 0.477 e. The molecule has 3 aromatic rings. The zero-order valence-electron chi connectivity index (χ0n) is 17.4. The average Bonchev–Trinajstić information content (AvgIpc) is 3.35. The van der Waals surface area contributed by atoms with Crippen molar-refractivity contribution < 1.29 is 27.8 Å². The van der Waals surface area contributed by atoms with Gasteiger partial charge in [-0.25, -0.2) is 22.9 Å². The van der Waals surface area contributed by atoms with Crippen LogP contribution in [0, 0.1) is 24.4 Å². The summed E-state index contributed by atoms with van der Waals surface area (Å²) >= 11 is 0. The second kappa shape index (κ2) is 7.56. The number of fused-ring (bicyclic) bond motifs is 2. The number of anilines is 1. The number of carboxylic acids is 1. The van der Waals surface area contributed by atoms with Crippen LogP contribution in [-0.2, 0) is 4.74 Å². The molecule has 0 bridgehead atoms. The predicted molar refractivity (Wildman–Crippen MR) is 112 cm³/mol. The van der Waals surface area contributed by atoms with Crippen LogP contribution in [0.3, 0.4) is 0 Å². The molecular weight excluding hydrogens is 441 g/mol. The van der Waals surface area contributed by atoms with E-state index in [1.165, 1.54) is 6.92 Å². The van der Waals surface area contributed by atoms with Crippen molar-refractivity contribution in [2.75, 3.05) is 18.1 Å². The highest BCUT2D eigenvalue weighted by molar-refractivity contribution is 5.94. The number of rotatable bonds is 3. The van der Waals surface area contributed by atoms with Crippen molar-refractivity contribution in [1.82, 2.24) is 9.55 Å². The SMILES string of the molecule is Cc1c(F)c(N2CC(N)C3OCCC32)nc2c1c(=O)c(C(=O)O)cn2-c1ccc(F)cc1F. The highest BCUT2D eigenvalue weighted by Gasteiger charge is 2.45. The van der Waals surface area contributed by atoms with Gasteiger partial charge in [0.15, 0.2) is 17.3 Å². The zero-order chi connectivity index (χ0) is 23.6. The van der Waals surface area contributed by atoms with E-state index in [2.05, 4.69) is 4.98 Å². The van der Waals surface area contributed by atoms with Gasteiger partial charge >= 0.3 is 5.97 Å². The lowest BCUT2D eigenvalue weighted by Gasteiger charge is -2.25. The maximum absolute atomic E-state index is 15.5. The van der Waals surface area contributed by atoms with E-state index in [1.54, 1.807) is 4.90 Å². The normalized spacial score (nSPS) is 22.2. The summed E-state index contributed by atoms with van der Waals surface area (Å²) in [6.45, 7) is 2.05. The van der Waals surface area contributed by atoms with Gasteiger partial charge in [-0.2, -0.15) is 0 Å². The predicted octanol–water partition coefficient (Wildman–Crippen LogP) is 2.11. The van der Waals surface area contributed by atoms with Gasteiger partial charge in [-0.05, 0) is 25.5 Å². The number of pyridine rings is 2. The van der Waals surface area contributed by atoms with E-state index in [4.69, 9.17) is 10.5 Å². The Balaban J connectivity index is 1.83. The number of aromatic nitrogens is 2. The highest BCUT2D eigenvalue weighted by Crippen LogP contribution is 2.36. The Morgan fingerprint density at radius 3 is 2.76 bits per heavy atom. The van der Waals surface area contributed by atoms with Gasteiger partial charge < -0.3 is 20.5 Å². The minimum absolute atomic E-state index is 0.0906. The van der Waals surface area contributed by atoms with E-state index in [0.29, 0.717) is 19.1 Å². The summed E-state index contributed by atoms with van der Waals surface area (Å²) in [6, 6.07) is 2.10. The van der Waals surface area contributed by atoms with E-state index in [-0.39, 0.29) is 52.8 Å². The van der Waals surface area contributed by atoms with Crippen molar-refractivity contribution in [3.05, 3.63) is 63.2 Å². The number of aryl methyl sites for hydroxylation is 1. The maximum Gasteiger partial charge on any atom is 0.341 e. The molecule has 2 aromatic heterocycles. The number of carboxylic acid groups (broad SMARTS) is 1. The molecule has 0 radical (unpaired) electrons. The topological polar surface area (TPSA) is 111 Å². The molecule has 2 fully saturated rings. The fraction of sp³-hybridized carbons (Fsp3) is 0.318. The first-order chi connectivity index (χ1) is 15.7. The third kappa shape index (κ3) is 3.18. The van der Waals surface area contributed by atoms with E-state index in [0.717, 1.165) is 22.9 Å².